The standard InChI is InChI=1S/C42H46ClF3N12O7/c1-54-33(30-21-57(53-36(30)42(44,45)46)34-15-32-28(18-50-34)29(19-49-32)38(62)48-6-13-59)20-51-37(54)39(63)52-26-2-3-27(31(43)14-26)41(65)56-9-7-55(8-10-56)40(64)25-4-11-58(12-5-25,23-35(60)61)22-24-16-47-17-24/h2-3,14-15,18-21,24-25,47,59H,4-13,16-17,22-23H2,1H3,(H3-,48,49,50,52,60,61,62,63,65)/p+1. The molecule has 23 heteroatoms. The van der Waals surface area contributed by atoms with E-state index in [1.807, 2.05) is 0 Å². The average Bonchev–Trinajstić information content (AvgIpc) is 4.01. The summed E-state index contributed by atoms with van der Waals surface area (Å²) in [4.78, 5) is 79.4. The Bertz CT molecular complexity index is 2640. The van der Waals surface area contributed by atoms with E-state index in [9.17, 15) is 42.3 Å². The topological polar surface area (TPSA) is 233 Å². The third-order valence-corrected chi connectivity index (χ3v) is 12.8. The number of aromatic nitrogens is 6. The molecule has 0 bridgehead atoms. The molecule has 0 unspecified atom stereocenters. The number of benzene rings is 1. The van der Waals surface area contributed by atoms with Gasteiger partial charge in [0.25, 0.3) is 17.7 Å². The Labute approximate surface area is 374 Å². The van der Waals surface area contributed by atoms with Crippen molar-refractivity contribution >= 4 is 57.8 Å². The van der Waals surface area contributed by atoms with E-state index in [0.717, 1.165) is 36.7 Å². The van der Waals surface area contributed by atoms with Gasteiger partial charge < -0.3 is 50.0 Å². The summed E-state index contributed by atoms with van der Waals surface area (Å²) in [5, 5.41) is 31.3. The van der Waals surface area contributed by atoms with E-state index in [4.69, 9.17) is 16.7 Å². The van der Waals surface area contributed by atoms with E-state index in [0.29, 0.717) is 60.3 Å². The van der Waals surface area contributed by atoms with Crippen LogP contribution in [0, 0.1) is 11.8 Å². The number of imidazole rings is 1. The fraction of sp³-hybridized carbons (Fsp3) is 0.429. The van der Waals surface area contributed by atoms with Gasteiger partial charge in [0, 0.05) is 113 Å². The van der Waals surface area contributed by atoms with E-state index < -0.39 is 29.7 Å². The van der Waals surface area contributed by atoms with Crippen LogP contribution in [0.5, 0.6) is 0 Å². The summed E-state index contributed by atoms with van der Waals surface area (Å²) in [5.74, 6) is -2.40. The number of hydrogen-bond donors (Lipinski definition) is 6. The second kappa shape index (κ2) is 18.3. The van der Waals surface area contributed by atoms with Crippen LogP contribution in [0.3, 0.4) is 0 Å². The Hall–Kier alpha value is -6.36. The minimum Gasteiger partial charge on any atom is -0.477 e. The number of piperazine rings is 1. The maximum absolute atomic E-state index is 14.4. The molecule has 8 rings (SSSR count). The summed E-state index contributed by atoms with van der Waals surface area (Å²) in [7, 11) is 1.37. The second-order valence-electron chi connectivity index (χ2n) is 16.7. The number of pyridine rings is 1. The van der Waals surface area contributed by atoms with Crippen LogP contribution in [-0.4, -0.2) is 162 Å². The Morgan fingerprint density at radius 1 is 0.969 bits per heavy atom. The van der Waals surface area contributed by atoms with Crippen molar-refractivity contribution < 1.29 is 51.8 Å². The molecule has 6 N–H and O–H groups in total. The number of carbonyl (C=O) groups is 5. The number of carbonyl (C=O) groups excluding carboxylic acids is 4. The molecule has 0 atom stereocenters. The molecule has 0 aliphatic carbocycles. The molecule has 3 saturated heterocycles. The van der Waals surface area contributed by atoms with Crippen molar-refractivity contribution in [2.45, 2.75) is 19.0 Å². The minimum absolute atomic E-state index is 0.00411. The van der Waals surface area contributed by atoms with Gasteiger partial charge in [0.2, 0.25) is 5.91 Å². The third-order valence-electron chi connectivity index (χ3n) is 12.4. The average molecular weight is 924 g/mol. The van der Waals surface area contributed by atoms with E-state index in [-0.39, 0.29) is 95.3 Å². The number of rotatable bonds is 13. The number of alkyl halides is 3. The second-order valence-corrected chi connectivity index (χ2v) is 17.1. The number of aliphatic carboxylic acids is 1. The molecule has 5 aromatic rings. The summed E-state index contributed by atoms with van der Waals surface area (Å²) < 4.78 is 45.8. The van der Waals surface area contributed by atoms with Crippen LogP contribution in [0.4, 0.5) is 18.9 Å². The minimum atomic E-state index is -4.91. The number of carboxylic acid groups (broad SMARTS) is 1. The maximum atomic E-state index is 14.4. The molecule has 1 aromatic carbocycles. The molecule has 0 saturated carbocycles. The van der Waals surface area contributed by atoms with Gasteiger partial charge in [0.05, 0.1) is 65.4 Å². The number of aliphatic hydroxyl groups excluding tert-OH is 1. The molecular weight excluding hydrogens is 877 g/mol. The smallest absolute Gasteiger partial charge is 0.435 e. The lowest BCUT2D eigenvalue weighted by atomic mass is 9.90. The largest absolute Gasteiger partial charge is 0.477 e. The van der Waals surface area contributed by atoms with Crippen LogP contribution in [0.2, 0.25) is 5.02 Å². The van der Waals surface area contributed by atoms with Crippen LogP contribution in [0.25, 0.3) is 28.0 Å². The zero-order valence-corrected chi connectivity index (χ0v) is 36.0. The maximum Gasteiger partial charge on any atom is 0.435 e. The van der Waals surface area contributed by atoms with Crippen molar-refractivity contribution in [3.05, 3.63) is 76.7 Å². The zero-order valence-electron chi connectivity index (χ0n) is 35.2. The van der Waals surface area contributed by atoms with Crippen molar-refractivity contribution in [2.24, 2.45) is 18.9 Å². The fourth-order valence-electron chi connectivity index (χ4n) is 8.93. The lowest BCUT2D eigenvalue weighted by molar-refractivity contribution is -0.929. The first kappa shape index (κ1) is 45.2. The summed E-state index contributed by atoms with van der Waals surface area (Å²) in [6.07, 6.45) is 1.27. The number of amides is 4. The van der Waals surface area contributed by atoms with Gasteiger partial charge in [-0.25, -0.2) is 19.4 Å². The third kappa shape index (κ3) is 9.42. The number of halogens is 4. The first-order chi connectivity index (χ1) is 31.0. The van der Waals surface area contributed by atoms with Crippen LogP contribution in [-0.2, 0) is 22.8 Å². The number of piperidine rings is 1. The molecule has 0 radical (unpaired) electrons. The highest BCUT2D eigenvalue weighted by Gasteiger charge is 2.43. The normalized spacial score (nSPS) is 19.3. The number of H-pyrrole nitrogens is 1. The van der Waals surface area contributed by atoms with E-state index in [1.165, 1.54) is 48.3 Å². The van der Waals surface area contributed by atoms with Gasteiger partial charge in [-0.2, -0.15) is 18.3 Å². The predicted octanol–water partition coefficient (Wildman–Crippen LogP) is 2.61. The summed E-state index contributed by atoms with van der Waals surface area (Å²) in [5.41, 5.74) is -0.717. The number of likely N-dealkylation sites (tertiary alicyclic amines) is 1. The molecule has 65 heavy (non-hydrogen) atoms. The number of quaternary nitrogens is 1. The number of anilines is 1. The molecule has 3 aliphatic heterocycles. The highest BCUT2D eigenvalue weighted by Crippen LogP contribution is 2.37. The highest BCUT2D eigenvalue weighted by atomic mass is 35.5. The quantitative estimate of drug-likeness (QED) is 0.0941. The van der Waals surface area contributed by atoms with Crippen molar-refractivity contribution in [3.8, 4) is 17.1 Å². The number of nitrogens with zero attached hydrogens (tertiary/aromatic N) is 8. The molecule has 4 amide bonds. The zero-order chi connectivity index (χ0) is 46.2. The Kier molecular flexibility index (Phi) is 12.7. The lowest BCUT2D eigenvalue weighted by Crippen LogP contribution is -2.62. The van der Waals surface area contributed by atoms with Crippen LogP contribution in [0.15, 0.2) is 49.1 Å². The first-order valence-electron chi connectivity index (χ1n) is 21.1. The van der Waals surface area contributed by atoms with Crippen LogP contribution in [0.1, 0.15) is 49.9 Å². The van der Waals surface area contributed by atoms with Gasteiger partial charge >= 0.3 is 12.1 Å². The molecule has 19 nitrogen and oxygen atoms in total. The van der Waals surface area contributed by atoms with Gasteiger partial charge in [-0.3, -0.25) is 19.2 Å². The number of hydrogen-bond acceptors (Lipinski definition) is 10. The summed E-state index contributed by atoms with van der Waals surface area (Å²) in [6.45, 7) is 4.89. The Morgan fingerprint density at radius 3 is 2.34 bits per heavy atom. The van der Waals surface area contributed by atoms with Crippen molar-refractivity contribution in [2.75, 3.05) is 83.9 Å². The highest BCUT2D eigenvalue weighted by molar-refractivity contribution is 6.34. The van der Waals surface area contributed by atoms with E-state index in [2.05, 4.69) is 36.0 Å². The Morgan fingerprint density at radius 2 is 1.69 bits per heavy atom. The number of aliphatic hydroxyl groups is 1. The summed E-state index contributed by atoms with van der Waals surface area (Å²) in [6, 6.07) is 5.74. The number of carboxylic acids is 1. The number of nitrogens with one attached hydrogen (secondary N) is 4. The van der Waals surface area contributed by atoms with Crippen molar-refractivity contribution in [3.63, 3.8) is 0 Å². The van der Waals surface area contributed by atoms with Gasteiger partial charge in [0.1, 0.15) is 0 Å². The van der Waals surface area contributed by atoms with Gasteiger partial charge in [-0.15, -0.1) is 0 Å². The van der Waals surface area contributed by atoms with Crippen molar-refractivity contribution in [1.82, 2.24) is 49.7 Å². The van der Waals surface area contributed by atoms with E-state index >= 15 is 0 Å². The molecule has 3 aliphatic rings. The molecule has 3 fully saturated rings. The van der Waals surface area contributed by atoms with Gasteiger partial charge in [-0.05, 0) is 18.2 Å². The lowest BCUT2D eigenvalue weighted by Gasteiger charge is -2.46. The molecule has 4 aromatic heterocycles. The monoisotopic (exact) mass is 923 g/mol. The molecule has 344 valence electrons. The van der Waals surface area contributed by atoms with E-state index in [1.54, 1.807) is 9.80 Å². The van der Waals surface area contributed by atoms with Gasteiger partial charge in [-0.1, -0.05) is 11.6 Å². The van der Waals surface area contributed by atoms with Crippen molar-refractivity contribution in [1.29, 1.82) is 0 Å². The summed E-state index contributed by atoms with van der Waals surface area (Å²) >= 11 is 6.57. The van der Waals surface area contributed by atoms with Crippen LogP contribution >= 0.6 is 11.6 Å². The fourth-order valence-corrected chi connectivity index (χ4v) is 9.20. The first-order valence-corrected chi connectivity index (χ1v) is 21.4. The molecular formula is C42H47ClF3N12O7+. The number of aromatic amines is 1. The Balaban J connectivity index is 0.891. The molecule has 7 heterocycles. The molecule has 0 spiro atoms. The number of fused-ring (bicyclic) bond motifs is 1. The SMILES string of the molecule is Cn1c(-c2cn(-c3cc4[nH]cc(C(=O)NCCO)c4cn3)nc2C(F)(F)F)cnc1C(=O)Nc1ccc(C(=O)N2CCN(C(=O)C3CC[N+](CC(=O)O)(CC4CNC4)CC3)CC2)c(Cl)c1. The van der Waals surface area contributed by atoms with Gasteiger partial charge in [0.15, 0.2) is 23.9 Å². The van der Waals surface area contributed by atoms with Crippen LogP contribution < -0.4 is 16.0 Å². The predicted molar refractivity (Wildman–Crippen MR) is 228 cm³/mol.